The topological polar surface area (TPSA) is 24.1 Å². The lowest BCUT2D eigenvalue weighted by atomic mass is 10.0. The second-order valence-electron chi connectivity index (χ2n) is 3.98. The van der Waals surface area contributed by atoms with Gasteiger partial charge in [-0.1, -0.05) is 12.1 Å². The molecule has 2 nitrogen and oxygen atoms in total. The number of hydrogen-bond acceptors (Lipinski definition) is 1. The fourth-order valence-electron chi connectivity index (χ4n) is 1.64. The highest BCUT2D eigenvalue weighted by Gasteiger charge is 2.29. The first-order valence-electron chi connectivity index (χ1n) is 5.27. The molecule has 0 spiro atoms. The van der Waals surface area contributed by atoms with Crippen molar-refractivity contribution >= 4 is 0 Å². The number of halogens is 3. The summed E-state index contributed by atoms with van der Waals surface area (Å²) in [5.74, 6) is 0. The Morgan fingerprint density at radius 1 is 1.00 bits per heavy atom. The predicted molar refractivity (Wildman–Crippen MR) is 59.0 cm³/mol. The molecule has 0 bridgehead atoms. The number of aryl methyl sites for hydroxylation is 1. The molecule has 1 aromatic carbocycles. The van der Waals surface area contributed by atoms with E-state index in [1.165, 1.54) is 18.3 Å². The largest absolute Gasteiger partial charge is 0.416 e. The molecule has 0 radical (unpaired) electrons. The Bertz CT molecular complexity index is 561. The van der Waals surface area contributed by atoms with Crippen molar-refractivity contribution in [2.75, 3.05) is 0 Å². The second-order valence-corrected chi connectivity index (χ2v) is 3.98. The smallest absolute Gasteiger partial charge is 0.285 e. The van der Waals surface area contributed by atoms with Crippen LogP contribution in [0.25, 0.3) is 11.1 Å². The normalized spacial score (nSPS) is 11.6. The summed E-state index contributed by atoms with van der Waals surface area (Å²) in [6.45, 7) is 1.70. The maximum atomic E-state index is 12.4. The average molecular weight is 254 g/mol. The highest BCUT2D eigenvalue weighted by Crippen LogP contribution is 2.30. The molecule has 0 fully saturated rings. The van der Waals surface area contributed by atoms with Crippen molar-refractivity contribution in [1.82, 2.24) is 0 Å². The van der Waals surface area contributed by atoms with Crippen molar-refractivity contribution in [2.24, 2.45) is 0 Å². The van der Waals surface area contributed by atoms with Gasteiger partial charge in [0.05, 0.1) is 5.56 Å². The van der Waals surface area contributed by atoms with Gasteiger partial charge in [0.15, 0.2) is 0 Å². The quantitative estimate of drug-likeness (QED) is 0.613. The van der Waals surface area contributed by atoms with Gasteiger partial charge in [0.2, 0.25) is 11.9 Å². The van der Waals surface area contributed by atoms with E-state index in [-0.39, 0.29) is 0 Å². The molecule has 1 N–H and O–H groups in total. The predicted octanol–water partition coefficient (Wildman–Crippen LogP) is 3.21. The van der Waals surface area contributed by atoms with Gasteiger partial charge in [-0.15, -0.1) is 0 Å². The molecule has 94 valence electrons. The third-order valence-electron chi connectivity index (χ3n) is 2.67. The maximum Gasteiger partial charge on any atom is 0.416 e. The molecular weight excluding hydrogens is 243 g/mol. The van der Waals surface area contributed by atoms with Gasteiger partial charge in [0.25, 0.3) is 0 Å². The second kappa shape index (κ2) is 4.33. The summed E-state index contributed by atoms with van der Waals surface area (Å²) in [5.41, 5.74) is 1.36. The lowest BCUT2D eigenvalue weighted by Crippen LogP contribution is -2.32. The van der Waals surface area contributed by atoms with Gasteiger partial charge < -0.3 is 0 Å². The van der Waals surface area contributed by atoms with E-state index in [0.717, 1.165) is 22.4 Å². The van der Waals surface area contributed by atoms with Crippen LogP contribution in [0, 0.1) is 6.92 Å². The van der Waals surface area contributed by atoms with Crippen LogP contribution in [0.15, 0.2) is 42.6 Å². The van der Waals surface area contributed by atoms with Crippen molar-refractivity contribution in [3.8, 4) is 11.1 Å². The SMILES string of the molecule is Cc1cc(-c2ccc(C(F)(F)F)cc2)cc[n+]1O. The Balaban J connectivity index is 2.37. The summed E-state index contributed by atoms with van der Waals surface area (Å²) < 4.78 is 38.2. The zero-order valence-corrected chi connectivity index (χ0v) is 9.57. The first kappa shape index (κ1) is 12.4. The van der Waals surface area contributed by atoms with Gasteiger partial charge >= 0.3 is 6.18 Å². The van der Waals surface area contributed by atoms with Crippen molar-refractivity contribution in [3.63, 3.8) is 0 Å². The molecule has 18 heavy (non-hydrogen) atoms. The number of alkyl halides is 3. The van der Waals surface area contributed by atoms with E-state index in [0.29, 0.717) is 11.3 Å². The molecule has 2 rings (SSSR count). The minimum atomic E-state index is -4.32. The summed E-state index contributed by atoms with van der Waals surface area (Å²) >= 11 is 0. The van der Waals surface area contributed by atoms with E-state index in [1.807, 2.05) is 0 Å². The van der Waals surface area contributed by atoms with Crippen LogP contribution in [-0.4, -0.2) is 5.21 Å². The van der Waals surface area contributed by atoms with Crippen molar-refractivity contribution in [3.05, 3.63) is 53.9 Å². The van der Waals surface area contributed by atoms with Crippen molar-refractivity contribution in [1.29, 1.82) is 0 Å². The molecule has 1 heterocycles. The van der Waals surface area contributed by atoms with Crippen LogP contribution in [0.2, 0.25) is 0 Å². The summed E-state index contributed by atoms with van der Waals surface area (Å²) in [5, 5.41) is 9.31. The van der Waals surface area contributed by atoms with Crippen LogP contribution >= 0.6 is 0 Å². The lowest BCUT2D eigenvalue weighted by molar-refractivity contribution is -0.908. The highest BCUT2D eigenvalue weighted by molar-refractivity contribution is 5.63. The van der Waals surface area contributed by atoms with Gasteiger partial charge in [0.1, 0.15) is 0 Å². The number of aromatic nitrogens is 1. The number of pyridine rings is 1. The molecule has 0 saturated carbocycles. The molecule has 0 aliphatic rings. The Hall–Kier alpha value is -2.04. The average Bonchev–Trinajstić information content (AvgIpc) is 2.32. The fraction of sp³-hybridized carbons (Fsp3) is 0.154. The molecular formula is C13H11F3NO+. The zero-order valence-electron chi connectivity index (χ0n) is 9.57. The van der Waals surface area contributed by atoms with Crippen LogP contribution < -0.4 is 4.73 Å². The number of nitrogens with zero attached hydrogens (tertiary/aromatic N) is 1. The number of hydrogen-bond donors (Lipinski definition) is 1. The molecule has 0 aliphatic heterocycles. The van der Waals surface area contributed by atoms with Crippen LogP contribution in [0.3, 0.4) is 0 Å². The van der Waals surface area contributed by atoms with Crippen molar-refractivity contribution < 1.29 is 23.1 Å². The van der Waals surface area contributed by atoms with Gasteiger partial charge in [-0.2, -0.15) is 13.2 Å². The minimum absolute atomic E-state index is 0.604. The van der Waals surface area contributed by atoms with Crippen LogP contribution in [0.5, 0.6) is 0 Å². The van der Waals surface area contributed by atoms with Gasteiger partial charge in [-0.25, -0.2) is 0 Å². The Labute approximate surface area is 102 Å². The van der Waals surface area contributed by atoms with E-state index in [4.69, 9.17) is 0 Å². The highest BCUT2D eigenvalue weighted by atomic mass is 19.4. The molecule has 0 amide bonds. The standard InChI is InChI=1S/C13H11F3NO/c1-9-8-11(6-7-17(9)18)10-2-4-12(5-3-10)13(14,15)16/h2-8,18H,1H3/q+1. The maximum absolute atomic E-state index is 12.4. The minimum Gasteiger partial charge on any atom is -0.285 e. The number of benzene rings is 1. The molecule has 1 aromatic heterocycles. The first-order valence-corrected chi connectivity index (χ1v) is 5.27. The molecule has 0 unspecified atom stereocenters. The van der Waals surface area contributed by atoms with Crippen LogP contribution in [0.1, 0.15) is 11.3 Å². The van der Waals surface area contributed by atoms with E-state index in [1.54, 1.807) is 19.1 Å². The van der Waals surface area contributed by atoms with E-state index >= 15 is 0 Å². The Morgan fingerprint density at radius 3 is 2.11 bits per heavy atom. The van der Waals surface area contributed by atoms with E-state index < -0.39 is 11.7 Å². The van der Waals surface area contributed by atoms with Crippen LogP contribution in [0.4, 0.5) is 13.2 Å². The van der Waals surface area contributed by atoms with E-state index in [9.17, 15) is 18.4 Å². The number of rotatable bonds is 1. The van der Waals surface area contributed by atoms with E-state index in [2.05, 4.69) is 0 Å². The summed E-state index contributed by atoms with van der Waals surface area (Å²) in [6.07, 6.45) is -2.87. The van der Waals surface area contributed by atoms with Gasteiger partial charge in [-0.3, -0.25) is 5.21 Å². The third kappa shape index (κ3) is 2.45. The Morgan fingerprint density at radius 2 is 1.61 bits per heavy atom. The molecule has 0 atom stereocenters. The zero-order chi connectivity index (χ0) is 13.3. The molecule has 0 saturated heterocycles. The van der Waals surface area contributed by atoms with Gasteiger partial charge in [-0.05, 0) is 23.3 Å². The third-order valence-corrected chi connectivity index (χ3v) is 2.67. The van der Waals surface area contributed by atoms with Crippen molar-refractivity contribution in [2.45, 2.75) is 13.1 Å². The molecule has 2 aromatic rings. The fourth-order valence-corrected chi connectivity index (χ4v) is 1.64. The monoisotopic (exact) mass is 254 g/mol. The Kier molecular flexibility index (Phi) is 2.98. The molecule has 0 aliphatic carbocycles. The van der Waals surface area contributed by atoms with Crippen LogP contribution in [-0.2, 0) is 6.18 Å². The molecule has 5 heteroatoms. The summed E-state index contributed by atoms with van der Waals surface area (Å²) in [7, 11) is 0. The lowest BCUT2D eigenvalue weighted by Gasteiger charge is -2.07. The summed E-state index contributed by atoms with van der Waals surface area (Å²) in [6, 6.07) is 8.26. The van der Waals surface area contributed by atoms with Gasteiger partial charge in [0, 0.05) is 23.8 Å². The first-order chi connectivity index (χ1) is 8.38. The summed E-state index contributed by atoms with van der Waals surface area (Å²) in [4.78, 5) is 0.